The summed E-state index contributed by atoms with van der Waals surface area (Å²) in [5.41, 5.74) is 12.6. The van der Waals surface area contributed by atoms with Crippen molar-refractivity contribution in [1.82, 2.24) is 39.3 Å². The molecule has 0 fully saturated rings. The van der Waals surface area contributed by atoms with Crippen LogP contribution in [0, 0.1) is 27.7 Å². The van der Waals surface area contributed by atoms with Crippen LogP contribution < -0.4 is 5.43 Å². The lowest BCUT2D eigenvalue weighted by molar-refractivity contribution is 0.440. The van der Waals surface area contributed by atoms with Crippen molar-refractivity contribution < 1.29 is 0 Å². The highest BCUT2D eigenvalue weighted by atomic mass is 15.5. The third-order valence-corrected chi connectivity index (χ3v) is 6.94. The van der Waals surface area contributed by atoms with Crippen molar-refractivity contribution in [2.75, 3.05) is 0 Å². The molecule has 9 heteroatoms. The smallest absolute Gasteiger partial charge is 0.139 e. The number of H-pyrrole nitrogens is 1. The van der Waals surface area contributed by atoms with Crippen molar-refractivity contribution >= 4 is 27.8 Å². The molecule has 5 aromatic heterocycles. The van der Waals surface area contributed by atoms with Gasteiger partial charge >= 0.3 is 0 Å². The molecule has 1 aromatic carbocycles. The van der Waals surface area contributed by atoms with Gasteiger partial charge in [-0.3, -0.25) is 10.5 Å². The van der Waals surface area contributed by atoms with Gasteiger partial charge in [0.15, 0.2) is 0 Å². The topological polar surface area (TPSA) is 90.9 Å². The zero-order valence-electron chi connectivity index (χ0n) is 36.9. The Balaban J connectivity index is 0. The highest BCUT2D eigenvalue weighted by Crippen LogP contribution is 2.16. The van der Waals surface area contributed by atoms with E-state index in [0.717, 1.165) is 28.1 Å². The Morgan fingerprint density at radius 1 is 0.611 bits per heavy atom. The largest absolute Gasteiger partial charge is 0.309 e. The number of hydrogen-bond acceptors (Lipinski definition) is 6. The molecule has 0 bridgehead atoms. The van der Waals surface area contributed by atoms with Crippen molar-refractivity contribution in [2.45, 2.75) is 131 Å². The first-order chi connectivity index (χ1) is 26.3. The van der Waals surface area contributed by atoms with Crippen LogP contribution in [0.25, 0.3) is 21.9 Å². The van der Waals surface area contributed by atoms with Crippen LogP contribution in [0.1, 0.15) is 119 Å². The van der Waals surface area contributed by atoms with E-state index in [1.54, 1.807) is 6.33 Å². The van der Waals surface area contributed by atoms with Crippen LogP contribution in [0.2, 0.25) is 0 Å². The van der Waals surface area contributed by atoms with Gasteiger partial charge in [-0.15, -0.1) is 0 Å². The molecule has 298 valence electrons. The fraction of sp³-hybridized carbons (Fsp3) is 0.422. The van der Waals surface area contributed by atoms with Crippen molar-refractivity contribution in [3.63, 3.8) is 0 Å². The Morgan fingerprint density at radius 2 is 1.19 bits per heavy atom. The Kier molecular flexibility index (Phi) is 28.6. The van der Waals surface area contributed by atoms with Crippen LogP contribution in [0.3, 0.4) is 0 Å². The number of fused-ring (bicyclic) bond motifs is 4. The first-order valence-corrected chi connectivity index (χ1v) is 19.9. The first-order valence-electron chi connectivity index (χ1n) is 19.9. The molecular weight excluding hydrogens is 667 g/mol. The van der Waals surface area contributed by atoms with Crippen molar-refractivity contribution in [2.24, 2.45) is 5.10 Å². The maximum atomic E-state index is 4.13. The lowest BCUT2D eigenvalue weighted by atomic mass is 10.1. The summed E-state index contributed by atoms with van der Waals surface area (Å²) >= 11 is 0. The van der Waals surface area contributed by atoms with E-state index in [4.69, 9.17) is 0 Å². The summed E-state index contributed by atoms with van der Waals surface area (Å²) in [6.45, 7) is 36.3. The molecule has 9 nitrogen and oxygen atoms in total. The lowest BCUT2D eigenvalue weighted by Gasteiger charge is -2.23. The number of hydrogen-bond donors (Lipinski definition) is 2. The summed E-state index contributed by atoms with van der Waals surface area (Å²) < 4.78 is 4.00. The minimum absolute atomic E-state index is 0.249. The van der Waals surface area contributed by atoms with Crippen molar-refractivity contribution in [3.8, 4) is 0 Å². The lowest BCUT2D eigenvalue weighted by Crippen LogP contribution is -2.35. The maximum absolute atomic E-state index is 4.13. The molecule has 2 N–H and O–H groups in total. The number of rotatable bonds is 0. The second kappa shape index (κ2) is 30.3. The van der Waals surface area contributed by atoms with E-state index in [1.165, 1.54) is 27.6 Å². The summed E-state index contributed by atoms with van der Waals surface area (Å²) in [4.78, 5) is 10.1. The SMILES string of the molecule is CC.CC.CC.CC.CC.CC.CC1=CN2C(C)=NNC2C=C1.Cc1ccc2cncn2c1.Cc1ccc2n[nH]c(C)c2c1.Cc1ccn2cncc2c1. The number of amidine groups is 1. The average Bonchev–Trinajstić information content (AvgIpc) is 4.05. The summed E-state index contributed by atoms with van der Waals surface area (Å²) in [6.07, 6.45) is 17.9. The Hall–Kier alpha value is -5.18. The number of aryl methyl sites for hydroxylation is 4. The van der Waals surface area contributed by atoms with Gasteiger partial charge < -0.3 is 13.7 Å². The highest BCUT2D eigenvalue weighted by Gasteiger charge is 2.22. The molecule has 2 aliphatic rings. The molecule has 7 heterocycles. The normalized spacial score (nSPS) is 12.3. The minimum Gasteiger partial charge on any atom is -0.309 e. The minimum atomic E-state index is 0.249. The number of nitrogens with zero attached hydrogens (tertiary/aromatic N) is 7. The molecule has 0 radical (unpaired) electrons. The van der Waals surface area contributed by atoms with Gasteiger partial charge in [-0.2, -0.15) is 10.2 Å². The van der Waals surface area contributed by atoms with Crippen LogP contribution in [-0.2, 0) is 0 Å². The highest BCUT2D eigenvalue weighted by molar-refractivity contribution is 5.83. The number of pyridine rings is 2. The van der Waals surface area contributed by atoms with E-state index in [-0.39, 0.29) is 6.17 Å². The average molecular weight is 740 g/mol. The fourth-order valence-corrected chi connectivity index (χ4v) is 4.61. The third-order valence-electron chi connectivity index (χ3n) is 6.94. The molecule has 0 amide bonds. The third kappa shape index (κ3) is 16.7. The predicted molar refractivity (Wildman–Crippen MR) is 238 cm³/mol. The number of aromatic amines is 1. The maximum Gasteiger partial charge on any atom is 0.139 e. The fourth-order valence-electron chi connectivity index (χ4n) is 4.61. The first kappa shape index (κ1) is 50.9. The molecule has 0 saturated carbocycles. The standard InChI is InChI=1S/C9H10N2.C8H11N3.2C8H8N2.6C2H6/c1-6-3-4-9-8(5-6)7(2)10-11-9;1-6-3-4-8-10-9-7(2)11(8)5-6;1-7-2-3-8-4-9-6-10(8)5-7;1-7-2-3-10-6-9-5-8(10)4-7;6*1-2/h3-5H,1-2H3,(H,10,11);3-5,8,10H,1-2H3;2*2-6H,1H3;6*1-2H3. The van der Waals surface area contributed by atoms with Crippen LogP contribution in [0.5, 0.6) is 0 Å². The van der Waals surface area contributed by atoms with E-state index in [1.807, 2.05) is 137 Å². The van der Waals surface area contributed by atoms with Gasteiger partial charge in [-0.05, 0) is 94.7 Å². The van der Waals surface area contributed by atoms with Gasteiger partial charge in [0.05, 0.1) is 41.6 Å². The van der Waals surface area contributed by atoms with E-state index in [2.05, 4.69) is 124 Å². The summed E-state index contributed by atoms with van der Waals surface area (Å²) in [6, 6.07) is 14.6. The van der Waals surface area contributed by atoms with Crippen LogP contribution in [-0.4, -0.2) is 45.9 Å². The van der Waals surface area contributed by atoms with Crippen LogP contribution >= 0.6 is 0 Å². The Bertz CT molecular complexity index is 1830. The van der Waals surface area contributed by atoms with Gasteiger partial charge in [0, 0.05) is 29.7 Å². The van der Waals surface area contributed by atoms with E-state index < -0.39 is 0 Å². The molecule has 54 heavy (non-hydrogen) atoms. The van der Waals surface area contributed by atoms with Gasteiger partial charge in [-0.25, -0.2) is 9.97 Å². The molecule has 1 atom stereocenters. The van der Waals surface area contributed by atoms with E-state index in [9.17, 15) is 0 Å². The van der Waals surface area contributed by atoms with Crippen molar-refractivity contribution in [3.05, 3.63) is 126 Å². The van der Waals surface area contributed by atoms with E-state index in [0.29, 0.717) is 0 Å². The quantitative estimate of drug-likeness (QED) is 0.162. The monoisotopic (exact) mass is 740 g/mol. The van der Waals surface area contributed by atoms with E-state index >= 15 is 0 Å². The van der Waals surface area contributed by atoms with Gasteiger partial charge in [0.1, 0.15) is 12.0 Å². The number of imidazole rings is 2. The van der Waals surface area contributed by atoms with Gasteiger partial charge in [0.2, 0.25) is 0 Å². The number of hydrazone groups is 1. The molecular formula is C45H73N9. The van der Waals surface area contributed by atoms with Gasteiger partial charge in [-0.1, -0.05) is 107 Å². The number of nitrogens with one attached hydrogen (secondary N) is 2. The Morgan fingerprint density at radius 3 is 1.83 bits per heavy atom. The summed E-state index contributed by atoms with van der Waals surface area (Å²) in [5.74, 6) is 1.03. The second-order valence-corrected chi connectivity index (χ2v) is 10.6. The summed E-state index contributed by atoms with van der Waals surface area (Å²) in [7, 11) is 0. The van der Waals surface area contributed by atoms with Crippen LogP contribution in [0.4, 0.5) is 0 Å². The molecule has 0 spiro atoms. The predicted octanol–water partition coefficient (Wildman–Crippen LogP) is 12.6. The number of allylic oxidation sites excluding steroid dienone is 2. The van der Waals surface area contributed by atoms with Crippen LogP contribution in [0.15, 0.2) is 109 Å². The zero-order valence-corrected chi connectivity index (χ0v) is 36.9. The molecule has 8 rings (SSSR count). The van der Waals surface area contributed by atoms with Gasteiger partial charge in [0.25, 0.3) is 0 Å². The molecule has 6 aromatic rings. The summed E-state index contributed by atoms with van der Waals surface area (Å²) in [5, 5.41) is 12.4. The Labute approximate surface area is 328 Å². The second-order valence-electron chi connectivity index (χ2n) is 10.6. The number of aromatic nitrogens is 6. The number of benzene rings is 1. The molecule has 2 aliphatic heterocycles. The van der Waals surface area contributed by atoms with Crippen molar-refractivity contribution in [1.29, 1.82) is 0 Å². The molecule has 1 unspecified atom stereocenters. The molecule has 0 saturated heterocycles. The molecule has 0 aliphatic carbocycles. The zero-order chi connectivity index (χ0) is 41.6.